The van der Waals surface area contributed by atoms with Crippen molar-refractivity contribution in [3.63, 3.8) is 0 Å². The summed E-state index contributed by atoms with van der Waals surface area (Å²) < 4.78 is 0. The van der Waals surface area contributed by atoms with Gasteiger partial charge in [0.2, 0.25) is 5.91 Å². The smallest absolute Gasteiger partial charge is 0.236 e. The molecule has 19 heavy (non-hydrogen) atoms. The van der Waals surface area contributed by atoms with Crippen LogP contribution in [0.1, 0.15) is 32.6 Å². The molecule has 0 aromatic carbocycles. The topological polar surface area (TPSA) is 73.4 Å². The zero-order chi connectivity index (χ0) is 14.3. The number of rotatable bonds is 6. The van der Waals surface area contributed by atoms with Crippen molar-refractivity contribution in [3.8, 4) is 6.07 Å². The second kappa shape index (κ2) is 8.13. The first-order chi connectivity index (χ1) is 9.12. The number of carbonyl (C=O) groups is 1. The van der Waals surface area contributed by atoms with Crippen LogP contribution in [-0.4, -0.2) is 55.0 Å². The third-order valence-electron chi connectivity index (χ3n) is 4.12. The van der Waals surface area contributed by atoms with Crippen LogP contribution in [-0.2, 0) is 4.79 Å². The summed E-state index contributed by atoms with van der Waals surface area (Å²) in [5.74, 6) is 0.833. The van der Waals surface area contributed by atoms with Crippen molar-refractivity contribution < 1.29 is 4.79 Å². The molecule has 1 rings (SSSR count). The second-order valence-corrected chi connectivity index (χ2v) is 5.38. The van der Waals surface area contributed by atoms with Gasteiger partial charge >= 0.3 is 0 Å². The highest BCUT2D eigenvalue weighted by molar-refractivity contribution is 5.78. The van der Waals surface area contributed by atoms with Gasteiger partial charge in [0, 0.05) is 26.2 Å². The van der Waals surface area contributed by atoms with Crippen molar-refractivity contribution in [3.05, 3.63) is 0 Å². The Labute approximate surface area is 116 Å². The predicted molar refractivity (Wildman–Crippen MR) is 75.3 cm³/mol. The quantitative estimate of drug-likeness (QED) is 0.772. The van der Waals surface area contributed by atoms with Crippen LogP contribution < -0.4 is 5.73 Å². The lowest BCUT2D eigenvalue weighted by molar-refractivity contribution is -0.132. The molecule has 2 unspecified atom stereocenters. The molecule has 0 spiro atoms. The van der Waals surface area contributed by atoms with Crippen molar-refractivity contribution in [2.24, 2.45) is 11.7 Å². The molecule has 2 atom stereocenters. The van der Waals surface area contributed by atoms with E-state index in [1.807, 2.05) is 0 Å². The number of nitrogens with zero attached hydrogens (tertiary/aromatic N) is 3. The monoisotopic (exact) mass is 266 g/mol. The van der Waals surface area contributed by atoms with E-state index < -0.39 is 0 Å². The number of nitriles is 1. The summed E-state index contributed by atoms with van der Waals surface area (Å²) in [6, 6.07) is 2.39. The molecule has 108 valence electrons. The summed E-state index contributed by atoms with van der Waals surface area (Å²) in [6.07, 6.45) is 3.84. The SMILES string of the molecule is CCC1CCN(CC(=O)N(C)CCC#N)C(CN)C1. The minimum absolute atomic E-state index is 0.0867. The van der Waals surface area contributed by atoms with Crippen LogP contribution in [0, 0.1) is 17.2 Å². The highest BCUT2D eigenvalue weighted by Crippen LogP contribution is 2.24. The van der Waals surface area contributed by atoms with Gasteiger partial charge in [-0.15, -0.1) is 0 Å². The van der Waals surface area contributed by atoms with Gasteiger partial charge < -0.3 is 10.6 Å². The predicted octanol–water partition coefficient (Wildman–Crippen LogP) is 0.808. The molecule has 5 nitrogen and oxygen atoms in total. The van der Waals surface area contributed by atoms with Crippen LogP contribution in [0.2, 0.25) is 0 Å². The summed E-state index contributed by atoms with van der Waals surface area (Å²) in [5.41, 5.74) is 5.83. The lowest BCUT2D eigenvalue weighted by Gasteiger charge is -2.39. The number of hydrogen-bond donors (Lipinski definition) is 1. The third-order valence-corrected chi connectivity index (χ3v) is 4.12. The molecule has 0 aromatic rings. The van der Waals surface area contributed by atoms with Gasteiger partial charge in [0.05, 0.1) is 19.0 Å². The molecule has 1 aliphatic rings. The van der Waals surface area contributed by atoms with E-state index in [0.717, 1.165) is 25.3 Å². The van der Waals surface area contributed by atoms with Gasteiger partial charge in [-0.1, -0.05) is 13.3 Å². The normalized spacial score (nSPS) is 23.9. The maximum Gasteiger partial charge on any atom is 0.236 e. The summed E-state index contributed by atoms with van der Waals surface area (Å²) >= 11 is 0. The Morgan fingerprint density at radius 3 is 2.89 bits per heavy atom. The molecular formula is C14H26N4O. The van der Waals surface area contributed by atoms with Gasteiger partial charge in [0.1, 0.15) is 0 Å². The third kappa shape index (κ3) is 4.81. The van der Waals surface area contributed by atoms with E-state index >= 15 is 0 Å². The minimum atomic E-state index is 0.0867. The summed E-state index contributed by atoms with van der Waals surface area (Å²) in [6.45, 7) is 4.73. The number of likely N-dealkylation sites (tertiary alicyclic amines) is 1. The maximum atomic E-state index is 12.1. The first kappa shape index (κ1) is 15.9. The Morgan fingerprint density at radius 1 is 1.58 bits per heavy atom. The fraction of sp³-hybridized carbons (Fsp3) is 0.857. The number of hydrogen-bond acceptors (Lipinski definition) is 4. The average Bonchev–Trinajstić information content (AvgIpc) is 2.44. The lowest BCUT2D eigenvalue weighted by atomic mass is 9.89. The van der Waals surface area contributed by atoms with Gasteiger partial charge in [0.25, 0.3) is 0 Å². The summed E-state index contributed by atoms with van der Waals surface area (Å²) in [7, 11) is 1.76. The standard InChI is InChI=1S/C14H26N4O/c1-3-12-5-8-18(13(9-12)10-16)11-14(19)17(2)7-4-6-15/h12-13H,3-5,7-11,16H2,1-2H3. The maximum absolute atomic E-state index is 12.1. The van der Waals surface area contributed by atoms with Crippen LogP contribution in [0.5, 0.6) is 0 Å². The molecule has 0 aliphatic carbocycles. The lowest BCUT2D eigenvalue weighted by Crippen LogP contribution is -2.50. The zero-order valence-corrected chi connectivity index (χ0v) is 12.1. The fourth-order valence-electron chi connectivity index (χ4n) is 2.64. The second-order valence-electron chi connectivity index (χ2n) is 5.38. The van der Waals surface area contributed by atoms with Crippen LogP contribution in [0.25, 0.3) is 0 Å². The van der Waals surface area contributed by atoms with Crippen molar-refractivity contribution in [1.29, 1.82) is 5.26 Å². The van der Waals surface area contributed by atoms with E-state index in [4.69, 9.17) is 11.0 Å². The van der Waals surface area contributed by atoms with Gasteiger partial charge in [-0.25, -0.2) is 0 Å². The molecule has 5 heteroatoms. The van der Waals surface area contributed by atoms with Crippen LogP contribution in [0.15, 0.2) is 0 Å². The fourth-order valence-corrected chi connectivity index (χ4v) is 2.64. The molecule has 1 saturated heterocycles. The van der Waals surface area contributed by atoms with Crippen LogP contribution >= 0.6 is 0 Å². The van der Waals surface area contributed by atoms with Crippen LogP contribution in [0.3, 0.4) is 0 Å². The summed E-state index contributed by atoms with van der Waals surface area (Å²) in [4.78, 5) is 15.9. The van der Waals surface area contributed by atoms with E-state index in [0.29, 0.717) is 32.1 Å². The van der Waals surface area contributed by atoms with Crippen molar-refractivity contribution in [2.75, 3.05) is 33.2 Å². The zero-order valence-electron chi connectivity index (χ0n) is 12.1. The Balaban J connectivity index is 2.46. The van der Waals surface area contributed by atoms with Gasteiger partial charge in [0.15, 0.2) is 0 Å². The Kier molecular flexibility index (Phi) is 6.82. The number of amides is 1. The molecule has 2 N–H and O–H groups in total. The molecular weight excluding hydrogens is 240 g/mol. The number of likely N-dealkylation sites (N-methyl/N-ethyl adjacent to an activating group) is 1. The number of carbonyl (C=O) groups excluding carboxylic acids is 1. The number of piperidine rings is 1. The highest BCUT2D eigenvalue weighted by Gasteiger charge is 2.28. The first-order valence-corrected chi connectivity index (χ1v) is 7.17. The van der Waals surface area contributed by atoms with Crippen molar-refractivity contribution >= 4 is 5.91 Å². The molecule has 1 amide bonds. The van der Waals surface area contributed by atoms with Gasteiger partial charge in [-0.3, -0.25) is 9.69 Å². The molecule has 0 aromatic heterocycles. The minimum Gasteiger partial charge on any atom is -0.344 e. The molecule has 1 fully saturated rings. The molecule has 1 aliphatic heterocycles. The average molecular weight is 266 g/mol. The van der Waals surface area contributed by atoms with Crippen molar-refractivity contribution in [2.45, 2.75) is 38.6 Å². The number of nitrogens with two attached hydrogens (primary N) is 1. The van der Waals surface area contributed by atoms with Gasteiger partial charge in [-0.05, 0) is 25.3 Å². The first-order valence-electron chi connectivity index (χ1n) is 7.17. The largest absolute Gasteiger partial charge is 0.344 e. The Bertz CT molecular complexity index is 326. The van der Waals surface area contributed by atoms with Gasteiger partial charge in [-0.2, -0.15) is 5.26 Å². The molecule has 1 heterocycles. The van der Waals surface area contributed by atoms with Crippen LogP contribution in [0.4, 0.5) is 0 Å². The Morgan fingerprint density at radius 2 is 2.32 bits per heavy atom. The van der Waals surface area contributed by atoms with E-state index in [-0.39, 0.29) is 5.91 Å². The Hall–Kier alpha value is -1.12. The van der Waals surface area contributed by atoms with E-state index in [2.05, 4.69) is 17.9 Å². The molecule has 0 bridgehead atoms. The highest BCUT2D eigenvalue weighted by atomic mass is 16.2. The summed E-state index contributed by atoms with van der Waals surface area (Å²) in [5, 5.41) is 8.54. The van der Waals surface area contributed by atoms with E-state index in [1.165, 1.54) is 6.42 Å². The van der Waals surface area contributed by atoms with E-state index in [9.17, 15) is 4.79 Å². The molecule has 0 saturated carbocycles. The van der Waals surface area contributed by atoms with Crippen molar-refractivity contribution in [1.82, 2.24) is 9.80 Å². The van der Waals surface area contributed by atoms with E-state index in [1.54, 1.807) is 11.9 Å². The molecule has 0 radical (unpaired) electrons.